The van der Waals surface area contributed by atoms with Crippen molar-refractivity contribution < 1.29 is 66.3 Å². The third-order valence-corrected chi connectivity index (χ3v) is 11.1. The van der Waals surface area contributed by atoms with E-state index in [0.29, 0.717) is 31.5 Å². The van der Waals surface area contributed by atoms with Crippen LogP contribution in [0, 0.1) is 0 Å². The molecule has 14 nitrogen and oxygen atoms in total. The Morgan fingerprint density at radius 2 is 1.03 bits per heavy atom. The third kappa shape index (κ3) is 39.6. The van der Waals surface area contributed by atoms with E-state index in [4.69, 9.17) is 28.5 Å². The Labute approximate surface area is 383 Å². The number of carbonyl (C=O) groups excluding carboxylic acids is 2. The highest BCUT2D eigenvalue weighted by Gasteiger charge is 2.36. The Morgan fingerprint density at radius 1 is 0.547 bits per heavy atom. The van der Waals surface area contributed by atoms with Gasteiger partial charge in [0.2, 0.25) is 0 Å². The number of carbonyl (C=O) groups is 2. The Bertz CT molecular complexity index is 1510. The highest BCUT2D eigenvalue weighted by Crippen LogP contribution is 2.44. The molecule has 0 aliphatic carbocycles. The lowest BCUT2D eigenvalue weighted by atomic mass is 10.1. The average Bonchev–Trinajstić information content (AvgIpc) is 4.01. The van der Waals surface area contributed by atoms with Crippen molar-refractivity contribution in [2.45, 2.75) is 180 Å². The second kappa shape index (κ2) is 39.4. The first-order valence-corrected chi connectivity index (χ1v) is 26.4. The highest BCUT2D eigenvalue weighted by molar-refractivity contribution is 7.47. The standard InChI is InChI=1S/C48H80O14P2/c1-3-5-7-8-9-10-11-12-13-14-15-16-17-18-19-24-27-30-34-38-48(51)61-44(42-60-64(55,56)59-40-43(49)39-58-63(52,53)54)41-57-47(50)37-33-29-26-23-21-20-22-25-28-32-36-46-45(62-46)35-31-6-4-2/h9-10,12-13,15-16,18-20,22-23,26,28,32,43-46,49H,3-8,11,14,17,21,24-25,27,29-31,33-42H2,1-2H3,(H,55,56)(H2,52,53,54)/b10-9-,13-12-,16-15-,19-18-,22-20-,26-23-,32-28-/t43-,44+,45?,46?/m0/s1. The molecule has 0 radical (unpaired) electrons. The number of esters is 2. The molecule has 1 aliphatic rings. The summed E-state index contributed by atoms with van der Waals surface area (Å²) in [7, 11) is -9.72. The van der Waals surface area contributed by atoms with E-state index in [1.165, 1.54) is 38.5 Å². The Kier molecular flexibility index (Phi) is 36.5. The minimum Gasteiger partial charge on any atom is -0.462 e. The average molecular weight is 943 g/mol. The summed E-state index contributed by atoms with van der Waals surface area (Å²) in [6, 6.07) is 0. The molecule has 1 heterocycles. The Morgan fingerprint density at radius 3 is 1.61 bits per heavy atom. The van der Waals surface area contributed by atoms with Gasteiger partial charge in [-0.1, -0.05) is 137 Å². The lowest BCUT2D eigenvalue weighted by Crippen LogP contribution is -2.30. The van der Waals surface area contributed by atoms with Gasteiger partial charge in [0, 0.05) is 12.8 Å². The summed E-state index contributed by atoms with van der Waals surface area (Å²) in [6.45, 7) is 1.59. The maximum Gasteiger partial charge on any atom is 0.472 e. The zero-order valence-electron chi connectivity index (χ0n) is 38.5. The summed E-state index contributed by atoms with van der Waals surface area (Å²) in [4.78, 5) is 52.8. The molecule has 1 fully saturated rings. The monoisotopic (exact) mass is 943 g/mol. The minimum atomic E-state index is -4.88. The predicted molar refractivity (Wildman–Crippen MR) is 252 cm³/mol. The smallest absolute Gasteiger partial charge is 0.462 e. The van der Waals surface area contributed by atoms with Crippen LogP contribution in [0.3, 0.4) is 0 Å². The number of hydrogen-bond acceptors (Lipinski definition) is 11. The molecular weight excluding hydrogens is 862 g/mol. The molecule has 0 aromatic rings. The van der Waals surface area contributed by atoms with Gasteiger partial charge in [-0.15, -0.1) is 0 Å². The van der Waals surface area contributed by atoms with E-state index in [-0.39, 0.29) is 12.8 Å². The number of phosphoric ester groups is 2. The van der Waals surface area contributed by atoms with Crippen molar-refractivity contribution in [3.05, 3.63) is 85.1 Å². The topological polar surface area (TPSA) is 208 Å². The molecule has 0 amide bonds. The number of hydrogen-bond donors (Lipinski definition) is 4. The maximum absolute atomic E-state index is 12.7. The van der Waals surface area contributed by atoms with Crippen molar-refractivity contribution in [3.8, 4) is 0 Å². The number of rotatable bonds is 42. The molecule has 0 spiro atoms. The molecule has 0 saturated carbocycles. The zero-order chi connectivity index (χ0) is 47.0. The fraction of sp³-hybridized carbons (Fsp3) is 0.667. The minimum absolute atomic E-state index is 0.0752. The van der Waals surface area contributed by atoms with Crippen LogP contribution in [0.5, 0.6) is 0 Å². The number of aliphatic hydroxyl groups is 1. The summed E-state index contributed by atoms with van der Waals surface area (Å²) < 4.78 is 53.5. The van der Waals surface area contributed by atoms with E-state index >= 15 is 0 Å². The fourth-order valence-electron chi connectivity index (χ4n) is 6.00. The summed E-state index contributed by atoms with van der Waals surface area (Å²) in [5.41, 5.74) is 0. The quantitative estimate of drug-likeness (QED) is 0.0148. The van der Waals surface area contributed by atoms with E-state index in [1.54, 1.807) is 0 Å². The first kappa shape index (κ1) is 59.3. The van der Waals surface area contributed by atoms with Gasteiger partial charge in [-0.2, -0.15) is 0 Å². The third-order valence-electron chi connectivity index (χ3n) is 9.67. The molecule has 16 heteroatoms. The molecule has 3 unspecified atom stereocenters. The van der Waals surface area contributed by atoms with Gasteiger partial charge in [0.05, 0.1) is 32.0 Å². The lowest BCUT2D eigenvalue weighted by Gasteiger charge is -2.20. The van der Waals surface area contributed by atoms with Gasteiger partial charge in [0.25, 0.3) is 0 Å². The van der Waals surface area contributed by atoms with E-state index < -0.39 is 66.2 Å². The molecule has 0 bridgehead atoms. The Hall–Kier alpha value is -2.74. The molecule has 366 valence electrons. The maximum atomic E-state index is 12.7. The summed E-state index contributed by atoms with van der Waals surface area (Å²) in [5, 5.41) is 9.76. The lowest BCUT2D eigenvalue weighted by molar-refractivity contribution is -0.161. The van der Waals surface area contributed by atoms with Crippen LogP contribution in [0.1, 0.15) is 155 Å². The molecule has 1 aliphatic heterocycles. The highest BCUT2D eigenvalue weighted by atomic mass is 31.2. The second-order valence-electron chi connectivity index (χ2n) is 15.7. The van der Waals surface area contributed by atoms with Gasteiger partial charge in [-0.05, 0) is 89.9 Å². The van der Waals surface area contributed by atoms with Crippen LogP contribution in [0.15, 0.2) is 85.1 Å². The Balaban J connectivity index is 2.40. The van der Waals surface area contributed by atoms with Gasteiger partial charge in [0.1, 0.15) is 12.7 Å². The van der Waals surface area contributed by atoms with Crippen molar-refractivity contribution in [3.63, 3.8) is 0 Å². The number of epoxide rings is 1. The van der Waals surface area contributed by atoms with E-state index in [9.17, 15) is 28.7 Å². The molecule has 64 heavy (non-hydrogen) atoms. The van der Waals surface area contributed by atoms with Gasteiger partial charge in [0.15, 0.2) is 6.10 Å². The molecular formula is C48H80O14P2. The number of allylic oxidation sites excluding steroid dienone is 13. The van der Waals surface area contributed by atoms with Gasteiger partial charge < -0.3 is 34.0 Å². The second-order valence-corrected chi connectivity index (χ2v) is 18.4. The molecule has 0 aromatic heterocycles. The van der Waals surface area contributed by atoms with E-state index in [0.717, 1.165) is 70.6 Å². The molecule has 0 aromatic carbocycles. The van der Waals surface area contributed by atoms with Crippen LogP contribution in [-0.4, -0.2) is 82.6 Å². The van der Waals surface area contributed by atoms with Crippen molar-refractivity contribution in [2.75, 3.05) is 26.4 Å². The van der Waals surface area contributed by atoms with Crippen LogP contribution < -0.4 is 0 Å². The van der Waals surface area contributed by atoms with Crippen LogP contribution >= 0.6 is 15.6 Å². The largest absolute Gasteiger partial charge is 0.472 e. The summed E-state index contributed by atoms with van der Waals surface area (Å²) >= 11 is 0. The molecule has 5 atom stereocenters. The van der Waals surface area contributed by atoms with Gasteiger partial charge >= 0.3 is 27.6 Å². The normalized spacial score (nSPS) is 17.8. The van der Waals surface area contributed by atoms with Crippen LogP contribution in [0.4, 0.5) is 0 Å². The van der Waals surface area contributed by atoms with Gasteiger partial charge in [-0.3, -0.25) is 23.2 Å². The molecule has 4 N–H and O–H groups in total. The number of aliphatic hydroxyl groups excluding tert-OH is 1. The zero-order valence-corrected chi connectivity index (χ0v) is 40.3. The van der Waals surface area contributed by atoms with E-state index in [2.05, 4.69) is 95.8 Å². The summed E-state index contributed by atoms with van der Waals surface area (Å²) in [5.74, 6) is -1.14. The number of phosphoric acid groups is 2. The number of ether oxygens (including phenoxy) is 3. The van der Waals surface area contributed by atoms with Crippen LogP contribution in [0.25, 0.3) is 0 Å². The first-order valence-electron chi connectivity index (χ1n) is 23.4. The van der Waals surface area contributed by atoms with Crippen LogP contribution in [0.2, 0.25) is 0 Å². The van der Waals surface area contributed by atoms with Crippen molar-refractivity contribution in [2.24, 2.45) is 0 Å². The first-order chi connectivity index (χ1) is 30.8. The van der Waals surface area contributed by atoms with Crippen molar-refractivity contribution >= 4 is 27.6 Å². The SMILES string of the molecule is CCCCC/C=C\C/C=C\C/C=C\C/C=C\CCCCCC(=O)O[C@H](COC(=O)CCC/C=C\C/C=C\C/C=C\CC1OC1CCCCC)COP(=O)(O)OC[C@@H](O)COP(=O)(O)O. The number of unbranched alkanes of at least 4 members (excludes halogenated alkanes) is 9. The predicted octanol–water partition coefficient (Wildman–Crippen LogP) is 11.3. The molecule has 1 rings (SSSR count). The van der Waals surface area contributed by atoms with Gasteiger partial charge in [-0.25, -0.2) is 9.13 Å². The van der Waals surface area contributed by atoms with Crippen molar-refractivity contribution in [1.29, 1.82) is 0 Å². The van der Waals surface area contributed by atoms with Crippen molar-refractivity contribution in [1.82, 2.24) is 0 Å². The molecule has 1 saturated heterocycles. The van der Waals surface area contributed by atoms with Crippen LogP contribution in [-0.2, 0) is 46.5 Å². The summed E-state index contributed by atoms with van der Waals surface area (Å²) in [6.07, 6.45) is 47.5. The van der Waals surface area contributed by atoms with E-state index in [1.807, 2.05) is 12.2 Å². The fourth-order valence-corrected chi connectivity index (χ4v) is 7.16.